The summed E-state index contributed by atoms with van der Waals surface area (Å²) in [5, 5.41) is 0. The molecule has 0 radical (unpaired) electrons. The molecular weight excluding hydrogens is 256 g/mol. The molecule has 0 saturated heterocycles. The molecule has 106 valence electrons. The Morgan fingerprint density at radius 2 is 1.15 bits per heavy atom. The molecule has 0 aliphatic carbocycles. The van der Waals surface area contributed by atoms with Crippen LogP contribution >= 0.6 is 0 Å². The predicted molar refractivity (Wildman–Crippen MR) is 73.7 cm³/mol. The minimum atomic E-state index is -0.647. The monoisotopic (exact) mass is 274 g/mol. The van der Waals surface area contributed by atoms with E-state index >= 15 is 0 Å². The molecule has 0 N–H and O–H groups in total. The normalized spacial score (nSPS) is 14.0. The van der Waals surface area contributed by atoms with Crippen molar-refractivity contribution in [2.24, 2.45) is 0 Å². The van der Waals surface area contributed by atoms with Crippen LogP contribution in [0.15, 0.2) is 33.1 Å². The first-order chi connectivity index (χ1) is 9.40. The third kappa shape index (κ3) is 2.74. The van der Waals surface area contributed by atoms with E-state index < -0.39 is 11.8 Å². The van der Waals surface area contributed by atoms with Crippen LogP contribution in [0.4, 0.5) is 0 Å². The summed E-state index contributed by atoms with van der Waals surface area (Å²) < 4.78 is 11.1. The Bertz CT molecular complexity index is 576. The van der Waals surface area contributed by atoms with Crippen molar-refractivity contribution in [2.75, 3.05) is 0 Å². The van der Waals surface area contributed by atoms with Gasteiger partial charge in [0, 0.05) is 0 Å². The van der Waals surface area contributed by atoms with Crippen LogP contribution in [-0.4, -0.2) is 11.6 Å². The maximum absolute atomic E-state index is 12.0. The van der Waals surface area contributed by atoms with Crippen LogP contribution < -0.4 is 0 Å². The summed E-state index contributed by atoms with van der Waals surface area (Å²) in [6.45, 7) is 6.55. The molecule has 4 nitrogen and oxygen atoms in total. The molecule has 0 saturated carbocycles. The number of furan rings is 2. The number of hydrogen-bond donors (Lipinski definition) is 0. The molecule has 2 aromatic rings. The predicted octanol–water partition coefficient (Wildman–Crippen LogP) is 3.53. The average Bonchev–Trinajstić information content (AvgIpc) is 2.94. The Hall–Kier alpha value is -2.10. The first-order valence-electron chi connectivity index (χ1n) is 6.53. The van der Waals surface area contributed by atoms with E-state index in [1.807, 2.05) is 0 Å². The van der Waals surface area contributed by atoms with Gasteiger partial charge in [0.15, 0.2) is 0 Å². The second-order valence-corrected chi connectivity index (χ2v) is 5.07. The molecule has 0 aliphatic heterocycles. The van der Waals surface area contributed by atoms with Crippen molar-refractivity contribution >= 4 is 11.6 Å². The molecule has 2 rings (SSSR count). The van der Waals surface area contributed by atoms with Gasteiger partial charge in [-0.3, -0.25) is 9.59 Å². The van der Waals surface area contributed by atoms with Gasteiger partial charge < -0.3 is 8.83 Å². The number of rotatable bonds is 5. The van der Waals surface area contributed by atoms with E-state index in [-0.39, 0.29) is 11.6 Å². The van der Waals surface area contributed by atoms with Gasteiger partial charge in [0.2, 0.25) is 0 Å². The van der Waals surface area contributed by atoms with Crippen molar-refractivity contribution in [3.8, 4) is 0 Å². The van der Waals surface area contributed by atoms with Gasteiger partial charge in [-0.1, -0.05) is 0 Å². The zero-order valence-electron chi connectivity index (χ0n) is 12.1. The molecule has 0 aromatic carbocycles. The van der Waals surface area contributed by atoms with Gasteiger partial charge in [-0.2, -0.15) is 0 Å². The SMILES string of the molecule is CC(=O)C(c1ccc(C)o1)C(C(C)=O)c1ccc(C)o1. The summed E-state index contributed by atoms with van der Waals surface area (Å²) in [5.41, 5.74) is 0. The maximum Gasteiger partial charge on any atom is 0.141 e. The highest BCUT2D eigenvalue weighted by Gasteiger charge is 2.36. The van der Waals surface area contributed by atoms with Gasteiger partial charge in [-0.25, -0.2) is 0 Å². The summed E-state index contributed by atoms with van der Waals surface area (Å²) in [6.07, 6.45) is 0. The van der Waals surface area contributed by atoms with Crippen LogP contribution in [-0.2, 0) is 9.59 Å². The Morgan fingerprint density at radius 3 is 1.35 bits per heavy atom. The minimum Gasteiger partial charge on any atom is -0.466 e. The molecule has 0 fully saturated rings. The first kappa shape index (κ1) is 14.3. The van der Waals surface area contributed by atoms with Gasteiger partial charge >= 0.3 is 0 Å². The quantitative estimate of drug-likeness (QED) is 0.836. The Balaban J connectivity index is 2.49. The lowest BCUT2D eigenvalue weighted by molar-refractivity contribution is -0.125. The maximum atomic E-state index is 12.0. The number of ketones is 2. The zero-order chi connectivity index (χ0) is 14.9. The van der Waals surface area contributed by atoms with E-state index in [9.17, 15) is 9.59 Å². The van der Waals surface area contributed by atoms with Crippen LogP contribution in [0.1, 0.15) is 48.7 Å². The van der Waals surface area contributed by atoms with Crippen LogP contribution in [0.25, 0.3) is 0 Å². The summed E-state index contributed by atoms with van der Waals surface area (Å²) >= 11 is 0. The molecule has 0 aliphatic rings. The summed E-state index contributed by atoms with van der Waals surface area (Å²) in [4.78, 5) is 24.1. The van der Waals surface area contributed by atoms with Crippen molar-refractivity contribution in [1.82, 2.24) is 0 Å². The van der Waals surface area contributed by atoms with E-state index in [1.54, 1.807) is 38.1 Å². The summed E-state index contributed by atoms with van der Waals surface area (Å²) in [5.74, 6) is 0.905. The van der Waals surface area contributed by atoms with Crippen molar-refractivity contribution in [1.29, 1.82) is 0 Å². The zero-order valence-corrected chi connectivity index (χ0v) is 12.1. The molecule has 2 aromatic heterocycles. The van der Waals surface area contributed by atoms with Crippen molar-refractivity contribution in [3.05, 3.63) is 47.3 Å². The number of Topliss-reactive ketones (excluding diaryl/α,β-unsaturated/α-hetero) is 2. The summed E-state index contributed by atoms with van der Waals surface area (Å²) in [6, 6.07) is 7.06. The highest BCUT2D eigenvalue weighted by molar-refractivity contribution is 5.93. The van der Waals surface area contributed by atoms with Crippen LogP contribution in [0.5, 0.6) is 0 Å². The van der Waals surface area contributed by atoms with Gasteiger partial charge in [-0.05, 0) is 52.0 Å². The smallest absolute Gasteiger partial charge is 0.141 e. The molecule has 2 unspecified atom stereocenters. The average molecular weight is 274 g/mol. The second kappa shape index (κ2) is 5.49. The number of carbonyl (C=O) groups is 2. The first-order valence-corrected chi connectivity index (χ1v) is 6.53. The fourth-order valence-electron chi connectivity index (χ4n) is 2.44. The van der Waals surface area contributed by atoms with E-state index in [4.69, 9.17) is 8.83 Å². The van der Waals surface area contributed by atoms with Crippen LogP contribution in [0, 0.1) is 13.8 Å². The molecular formula is C16H18O4. The molecule has 20 heavy (non-hydrogen) atoms. The molecule has 2 atom stereocenters. The summed E-state index contributed by atoms with van der Waals surface area (Å²) in [7, 11) is 0. The van der Waals surface area contributed by atoms with Gasteiger partial charge in [0.1, 0.15) is 34.6 Å². The fraction of sp³-hybridized carbons (Fsp3) is 0.375. The van der Waals surface area contributed by atoms with E-state index in [0.717, 1.165) is 0 Å². The lowest BCUT2D eigenvalue weighted by Gasteiger charge is -2.19. The standard InChI is InChI=1S/C16H18O4/c1-9-5-7-13(19-9)15(11(3)17)16(12(4)18)14-8-6-10(2)20-14/h5-8,15-16H,1-4H3. The highest BCUT2D eigenvalue weighted by Crippen LogP contribution is 2.36. The fourth-order valence-corrected chi connectivity index (χ4v) is 2.44. The molecule has 4 heteroatoms. The number of aryl methyl sites for hydroxylation is 2. The van der Waals surface area contributed by atoms with Gasteiger partial charge in [0.05, 0.1) is 11.8 Å². The topological polar surface area (TPSA) is 60.4 Å². The van der Waals surface area contributed by atoms with Gasteiger partial charge in [0.25, 0.3) is 0 Å². The lowest BCUT2D eigenvalue weighted by atomic mass is 9.83. The molecule has 0 spiro atoms. The number of hydrogen-bond acceptors (Lipinski definition) is 4. The molecule has 0 amide bonds. The van der Waals surface area contributed by atoms with Crippen LogP contribution in [0.2, 0.25) is 0 Å². The molecule has 2 heterocycles. The Labute approximate surface area is 117 Å². The Kier molecular flexibility index (Phi) is 3.93. The van der Waals surface area contributed by atoms with E-state index in [0.29, 0.717) is 23.0 Å². The van der Waals surface area contributed by atoms with Crippen molar-refractivity contribution in [3.63, 3.8) is 0 Å². The Morgan fingerprint density at radius 1 is 0.800 bits per heavy atom. The lowest BCUT2D eigenvalue weighted by Crippen LogP contribution is -2.23. The van der Waals surface area contributed by atoms with Crippen LogP contribution in [0.3, 0.4) is 0 Å². The minimum absolute atomic E-state index is 0.117. The largest absolute Gasteiger partial charge is 0.466 e. The van der Waals surface area contributed by atoms with Crippen molar-refractivity contribution < 1.29 is 18.4 Å². The third-order valence-electron chi connectivity index (χ3n) is 3.34. The van der Waals surface area contributed by atoms with Gasteiger partial charge in [-0.15, -0.1) is 0 Å². The molecule has 0 bridgehead atoms. The number of carbonyl (C=O) groups excluding carboxylic acids is 2. The van der Waals surface area contributed by atoms with E-state index in [2.05, 4.69) is 0 Å². The van der Waals surface area contributed by atoms with E-state index in [1.165, 1.54) is 13.8 Å². The van der Waals surface area contributed by atoms with Crippen molar-refractivity contribution in [2.45, 2.75) is 39.5 Å². The highest BCUT2D eigenvalue weighted by atomic mass is 16.3. The third-order valence-corrected chi connectivity index (χ3v) is 3.34. The second-order valence-electron chi connectivity index (χ2n) is 5.07.